The Labute approximate surface area is 111 Å². The fourth-order valence-corrected chi connectivity index (χ4v) is 4.25. The zero-order valence-corrected chi connectivity index (χ0v) is 11.3. The van der Waals surface area contributed by atoms with Crippen molar-refractivity contribution in [1.82, 2.24) is 4.98 Å². The van der Waals surface area contributed by atoms with Crippen LogP contribution in [0.5, 0.6) is 0 Å². The molecule has 0 saturated heterocycles. The Morgan fingerprint density at radius 3 is 2.78 bits per heavy atom. The predicted octanol–water partition coefficient (Wildman–Crippen LogP) is 3.55. The van der Waals surface area contributed by atoms with Gasteiger partial charge in [-0.3, -0.25) is 0 Å². The molecule has 0 atom stereocenters. The topological polar surface area (TPSA) is 38.9 Å². The highest BCUT2D eigenvalue weighted by molar-refractivity contribution is 7.18. The van der Waals surface area contributed by atoms with Gasteiger partial charge in [-0.2, -0.15) is 0 Å². The zero-order chi connectivity index (χ0) is 12.2. The second-order valence-electron chi connectivity index (χ2n) is 5.82. The normalized spacial score (nSPS) is 22.1. The van der Waals surface area contributed by atoms with Crippen molar-refractivity contribution in [2.75, 3.05) is 6.54 Å². The van der Waals surface area contributed by atoms with E-state index < -0.39 is 0 Å². The minimum atomic E-state index is 0.231. The number of nitrogens with two attached hydrogens (primary N) is 1. The summed E-state index contributed by atoms with van der Waals surface area (Å²) in [6.45, 7) is 0.766. The van der Waals surface area contributed by atoms with Crippen molar-refractivity contribution in [1.29, 1.82) is 0 Å². The van der Waals surface area contributed by atoms with Gasteiger partial charge in [-0.25, -0.2) is 4.98 Å². The smallest absolute Gasteiger partial charge is 0.0969 e. The van der Waals surface area contributed by atoms with Crippen molar-refractivity contribution in [3.05, 3.63) is 28.8 Å². The fourth-order valence-electron chi connectivity index (χ4n) is 3.09. The third-order valence-electron chi connectivity index (χ3n) is 4.63. The largest absolute Gasteiger partial charge is 0.330 e. The lowest BCUT2D eigenvalue weighted by atomic mass is 9.64. The molecule has 2 saturated carbocycles. The lowest BCUT2D eigenvalue weighted by Gasteiger charge is -2.41. The number of hydrogen-bond donors (Lipinski definition) is 1. The molecule has 2 aromatic rings. The van der Waals surface area contributed by atoms with Crippen LogP contribution in [0.25, 0.3) is 10.2 Å². The van der Waals surface area contributed by atoms with Gasteiger partial charge in [0.25, 0.3) is 0 Å². The average molecular weight is 258 g/mol. The number of rotatable bonds is 3. The maximum atomic E-state index is 6.05. The van der Waals surface area contributed by atoms with Gasteiger partial charge in [0.2, 0.25) is 0 Å². The number of nitrogens with zero attached hydrogens (tertiary/aromatic N) is 1. The molecule has 1 aromatic heterocycles. The van der Waals surface area contributed by atoms with E-state index in [0.29, 0.717) is 0 Å². The first-order chi connectivity index (χ1) is 8.82. The molecule has 18 heavy (non-hydrogen) atoms. The number of hydrogen-bond acceptors (Lipinski definition) is 3. The van der Waals surface area contributed by atoms with Crippen LogP contribution < -0.4 is 5.73 Å². The highest BCUT2D eigenvalue weighted by Gasteiger charge is 2.39. The minimum absolute atomic E-state index is 0.231. The van der Waals surface area contributed by atoms with Crippen molar-refractivity contribution < 1.29 is 0 Å². The Morgan fingerprint density at radius 1 is 1.33 bits per heavy atom. The monoisotopic (exact) mass is 258 g/mol. The molecule has 0 bridgehead atoms. The highest BCUT2D eigenvalue weighted by Crippen LogP contribution is 2.48. The third kappa shape index (κ3) is 1.47. The maximum Gasteiger partial charge on any atom is 0.0969 e. The van der Waals surface area contributed by atoms with Crippen LogP contribution in [0.4, 0.5) is 0 Å². The lowest BCUT2D eigenvalue weighted by Crippen LogP contribution is -2.41. The molecule has 2 aliphatic rings. The molecule has 2 nitrogen and oxygen atoms in total. The van der Waals surface area contributed by atoms with Gasteiger partial charge in [0.15, 0.2) is 0 Å². The molecule has 0 amide bonds. The second kappa shape index (κ2) is 3.78. The summed E-state index contributed by atoms with van der Waals surface area (Å²) in [6, 6.07) is 6.65. The molecule has 0 radical (unpaired) electrons. The Kier molecular flexibility index (Phi) is 2.30. The van der Waals surface area contributed by atoms with Gasteiger partial charge < -0.3 is 5.73 Å². The molecule has 2 aliphatic carbocycles. The molecular formula is C15H18N2S. The minimum Gasteiger partial charge on any atom is -0.330 e. The van der Waals surface area contributed by atoms with E-state index in [9.17, 15) is 0 Å². The van der Waals surface area contributed by atoms with Gasteiger partial charge >= 0.3 is 0 Å². The van der Waals surface area contributed by atoms with E-state index in [-0.39, 0.29) is 5.41 Å². The molecular weight excluding hydrogens is 240 g/mol. The molecule has 3 heteroatoms. The van der Waals surface area contributed by atoms with Gasteiger partial charge in [0.1, 0.15) is 0 Å². The molecule has 2 N–H and O–H groups in total. The van der Waals surface area contributed by atoms with Gasteiger partial charge in [-0.05, 0) is 37.3 Å². The summed E-state index contributed by atoms with van der Waals surface area (Å²) in [5, 5.41) is 1.35. The lowest BCUT2D eigenvalue weighted by molar-refractivity contribution is 0.255. The molecule has 0 spiro atoms. The van der Waals surface area contributed by atoms with Crippen molar-refractivity contribution in [3.8, 4) is 0 Å². The van der Waals surface area contributed by atoms with Crippen molar-refractivity contribution in [2.45, 2.75) is 43.4 Å². The number of fused-ring (bicyclic) bond motifs is 1. The first-order valence-corrected chi connectivity index (χ1v) is 7.74. The van der Waals surface area contributed by atoms with Crippen LogP contribution in [0.1, 0.15) is 48.6 Å². The fraction of sp³-hybridized carbons (Fsp3) is 0.533. The number of aromatic nitrogens is 1. The summed E-state index contributed by atoms with van der Waals surface area (Å²) in [5.74, 6) is 0.755. The summed E-state index contributed by atoms with van der Waals surface area (Å²) >= 11 is 1.89. The van der Waals surface area contributed by atoms with Gasteiger partial charge in [0, 0.05) is 17.9 Å². The van der Waals surface area contributed by atoms with E-state index in [1.807, 2.05) is 11.3 Å². The summed E-state index contributed by atoms with van der Waals surface area (Å²) in [5.41, 5.74) is 8.94. The Bertz CT molecular complexity index is 588. The van der Waals surface area contributed by atoms with Crippen LogP contribution in [0, 0.1) is 0 Å². The van der Waals surface area contributed by atoms with Crippen LogP contribution in [-0.2, 0) is 5.41 Å². The van der Waals surface area contributed by atoms with Crippen LogP contribution in [0.3, 0.4) is 0 Å². The maximum absolute atomic E-state index is 6.05. The molecule has 4 rings (SSSR count). The average Bonchev–Trinajstić information content (AvgIpc) is 3.08. The Hall–Kier alpha value is -0.930. The molecule has 2 fully saturated rings. The first-order valence-electron chi connectivity index (χ1n) is 6.92. The van der Waals surface area contributed by atoms with E-state index in [0.717, 1.165) is 12.5 Å². The zero-order valence-electron chi connectivity index (χ0n) is 10.5. The quantitative estimate of drug-likeness (QED) is 0.914. The van der Waals surface area contributed by atoms with E-state index in [1.54, 1.807) is 0 Å². The second-order valence-corrected chi connectivity index (χ2v) is 6.88. The SMILES string of the molecule is NCC1(c2cccc3sc(C4CC4)nc23)CCC1. The van der Waals surface area contributed by atoms with E-state index in [4.69, 9.17) is 10.7 Å². The predicted molar refractivity (Wildman–Crippen MR) is 76.2 cm³/mol. The van der Waals surface area contributed by atoms with E-state index in [1.165, 1.54) is 52.9 Å². The first kappa shape index (κ1) is 10.9. The molecule has 0 unspecified atom stereocenters. The standard InChI is InChI=1S/C15H18N2S/c16-9-15(7-2-8-15)11-3-1-4-12-13(11)17-14(18-12)10-5-6-10/h1,3-4,10H,2,5-9,16H2. The van der Waals surface area contributed by atoms with Crippen LogP contribution in [-0.4, -0.2) is 11.5 Å². The Morgan fingerprint density at radius 2 is 2.17 bits per heavy atom. The van der Waals surface area contributed by atoms with Gasteiger partial charge in [0.05, 0.1) is 15.2 Å². The van der Waals surface area contributed by atoms with Crippen molar-refractivity contribution in [2.24, 2.45) is 5.73 Å². The van der Waals surface area contributed by atoms with Crippen LogP contribution in [0.15, 0.2) is 18.2 Å². The third-order valence-corrected chi connectivity index (χ3v) is 5.82. The van der Waals surface area contributed by atoms with Crippen LogP contribution in [0.2, 0.25) is 0 Å². The molecule has 1 heterocycles. The van der Waals surface area contributed by atoms with Crippen molar-refractivity contribution >= 4 is 21.6 Å². The van der Waals surface area contributed by atoms with Gasteiger partial charge in [-0.15, -0.1) is 11.3 Å². The number of benzene rings is 1. The number of thiazole rings is 1. The van der Waals surface area contributed by atoms with Gasteiger partial charge in [-0.1, -0.05) is 18.6 Å². The summed E-state index contributed by atoms with van der Waals surface area (Å²) < 4.78 is 1.36. The van der Waals surface area contributed by atoms with Crippen molar-refractivity contribution in [3.63, 3.8) is 0 Å². The highest BCUT2D eigenvalue weighted by atomic mass is 32.1. The van der Waals surface area contributed by atoms with E-state index >= 15 is 0 Å². The van der Waals surface area contributed by atoms with Crippen LogP contribution >= 0.6 is 11.3 Å². The number of para-hydroxylation sites is 1. The van der Waals surface area contributed by atoms with E-state index in [2.05, 4.69) is 18.2 Å². The molecule has 94 valence electrons. The summed E-state index contributed by atoms with van der Waals surface area (Å²) in [7, 11) is 0. The Balaban J connectivity index is 1.88. The summed E-state index contributed by atoms with van der Waals surface area (Å²) in [4.78, 5) is 4.93. The summed E-state index contributed by atoms with van der Waals surface area (Å²) in [6.07, 6.45) is 6.44. The molecule has 1 aromatic carbocycles. The molecule has 0 aliphatic heterocycles.